The SMILES string of the molecule is CC(O)c1ccc(NC(=O)N(C)CC(F)F)cc1. The highest BCUT2D eigenvalue weighted by Crippen LogP contribution is 2.15. The fourth-order valence-electron chi connectivity index (χ4n) is 1.35. The van der Waals surface area contributed by atoms with Crippen LogP contribution in [-0.2, 0) is 0 Å². The molecule has 0 radical (unpaired) electrons. The summed E-state index contributed by atoms with van der Waals surface area (Å²) in [6.45, 7) is 1.02. The van der Waals surface area contributed by atoms with Crippen LogP contribution in [0.5, 0.6) is 0 Å². The minimum atomic E-state index is -2.56. The summed E-state index contributed by atoms with van der Waals surface area (Å²) in [5.41, 5.74) is 1.21. The molecule has 0 aliphatic rings. The van der Waals surface area contributed by atoms with Gasteiger partial charge in [0.05, 0.1) is 12.6 Å². The molecule has 2 N–H and O–H groups in total. The molecule has 0 bridgehead atoms. The van der Waals surface area contributed by atoms with Gasteiger partial charge < -0.3 is 15.3 Å². The smallest absolute Gasteiger partial charge is 0.321 e. The van der Waals surface area contributed by atoms with Gasteiger partial charge in [-0.2, -0.15) is 0 Å². The van der Waals surface area contributed by atoms with Crippen LogP contribution in [-0.4, -0.2) is 36.1 Å². The fraction of sp³-hybridized carbons (Fsp3) is 0.417. The molecule has 0 aliphatic heterocycles. The number of anilines is 1. The number of carbonyl (C=O) groups excluding carboxylic acids is 1. The number of hydrogen-bond acceptors (Lipinski definition) is 2. The summed E-state index contributed by atoms with van der Waals surface area (Å²) < 4.78 is 24.2. The summed E-state index contributed by atoms with van der Waals surface area (Å²) in [4.78, 5) is 12.4. The number of halogens is 2. The standard InChI is InChI=1S/C12H16F2N2O2/c1-8(17)9-3-5-10(6-4-9)15-12(18)16(2)7-11(13)14/h3-6,8,11,17H,7H2,1-2H3,(H,15,18). The Balaban J connectivity index is 2.59. The van der Waals surface area contributed by atoms with Crippen LogP contribution >= 0.6 is 0 Å². The van der Waals surface area contributed by atoms with Crippen LogP contribution in [0.4, 0.5) is 19.3 Å². The van der Waals surface area contributed by atoms with Crippen molar-refractivity contribution in [3.05, 3.63) is 29.8 Å². The zero-order valence-corrected chi connectivity index (χ0v) is 10.2. The van der Waals surface area contributed by atoms with E-state index in [1.54, 1.807) is 31.2 Å². The quantitative estimate of drug-likeness (QED) is 0.871. The number of benzene rings is 1. The summed E-state index contributed by atoms with van der Waals surface area (Å²) in [5.74, 6) is 0. The van der Waals surface area contributed by atoms with Gasteiger partial charge in [-0.05, 0) is 24.6 Å². The molecular formula is C12H16F2N2O2. The molecule has 4 nitrogen and oxygen atoms in total. The topological polar surface area (TPSA) is 52.6 Å². The number of aliphatic hydroxyl groups excluding tert-OH is 1. The number of aliphatic hydroxyl groups is 1. The number of rotatable bonds is 4. The van der Waals surface area contributed by atoms with Gasteiger partial charge >= 0.3 is 6.03 Å². The van der Waals surface area contributed by atoms with E-state index in [2.05, 4.69) is 5.32 Å². The maximum Gasteiger partial charge on any atom is 0.321 e. The molecule has 1 rings (SSSR count). The average Bonchev–Trinajstić information content (AvgIpc) is 2.28. The van der Waals surface area contributed by atoms with Crippen molar-refractivity contribution in [1.29, 1.82) is 0 Å². The first kappa shape index (κ1) is 14.4. The Labute approximate surface area is 104 Å². The Hall–Kier alpha value is -1.69. The second kappa shape index (κ2) is 6.30. The third-order valence-electron chi connectivity index (χ3n) is 2.40. The highest BCUT2D eigenvalue weighted by molar-refractivity contribution is 5.89. The third-order valence-corrected chi connectivity index (χ3v) is 2.40. The number of carbonyl (C=O) groups is 1. The van der Waals surface area contributed by atoms with E-state index in [-0.39, 0.29) is 0 Å². The molecule has 0 saturated carbocycles. The van der Waals surface area contributed by atoms with Gasteiger partial charge in [-0.1, -0.05) is 12.1 Å². The number of hydrogen-bond donors (Lipinski definition) is 2. The van der Waals surface area contributed by atoms with Crippen molar-refractivity contribution >= 4 is 11.7 Å². The van der Waals surface area contributed by atoms with Crippen LogP contribution in [0.3, 0.4) is 0 Å². The normalized spacial score (nSPS) is 12.3. The van der Waals surface area contributed by atoms with Gasteiger partial charge in [-0.25, -0.2) is 13.6 Å². The van der Waals surface area contributed by atoms with E-state index in [1.807, 2.05) is 0 Å². The molecule has 0 saturated heterocycles. The molecule has 1 atom stereocenters. The molecule has 18 heavy (non-hydrogen) atoms. The molecule has 2 amide bonds. The summed E-state index contributed by atoms with van der Waals surface area (Å²) >= 11 is 0. The lowest BCUT2D eigenvalue weighted by Crippen LogP contribution is -2.34. The van der Waals surface area contributed by atoms with E-state index in [0.29, 0.717) is 11.3 Å². The van der Waals surface area contributed by atoms with Gasteiger partial charge in [-0.3, -0.25) is 0 Å². The Kier molecular flexibility index (Phi) is 5.03. The molecule has 1 unspecified atom stereocenters. The Morgan fingerprint density at radius 2 is 1.94 bits per heavy atom. The van der Waals surface area contributed by atoms with E-state index in [9.17, 15) is 18.7 Å². The third kappa shape index (κ3) is 4.29. The Morgan fingerprint density at radius 1 is 1.39 bits per heavy atom. The minimum absolute atomic E-state index is 0.491. The average molecular weight is 258 g/mol. The van der Waals surface area contributed by atoms with Gasteiger partial charge in [0, 0.05) is 12.7 Å². The van der Waals surface area contributed by atoms with E-state index < -0.39 is 25.1 Å². The van der Waals surface area contributed by atoms with Crippen molar-refractivity contribution < 1.29 is 18.7 Å². The molecule has 0 aliphatic carbocycles. The maximum atomic E-state index is 12.1. The summed E-state index contributed by atoms with van der Waals surface area (Å²) in [7, 11) is 1.30. The van der Waals surface area contributed by atoms with E-state index in [0.717, 1.165) is 4.90 Å². The van der Waals surface area contributed by atoms with Gasteiger partial charge in [0.15, 0.2) is 0 Å². The monoisotopic (exact) mass is 258 g/mol. The van der Waals surface area contributed by atoms with Crippen molar-refractivity contribution in [2.24, 2.45) is 0 Å². The van der Waals surface area contributed by atoms with E-state index >= 15 is 0 Å². The maximum absolute atomic E-state index is 12.1. The number of alkyl halides is 2. The molecular weight excluding hydrogens is 242 g/mol. The van der Waals surface area contributed by atoms with Gasteiger partial charge in [0.25, 0.3) is 6.43 Å². The lowest BCUT2D eigenvalue weighted by molar-refractivity contribution is 0.111. The zero-order chi connectivity index (χ0) is 13.7. The number of nitrogens with zero attached hydrogens (tertiary/aromatic N) is 1. The Bertz CT molecular complexity index is 394. The van der Waals surface area contributed by atoms with Crippen LogP contribution in [0.15, 0.2) is 24.3 Å². The first-order valence-electron chi connectivity index (χ1n) is 5.48. The number of urea groups is 1. The minimum Gasteiger partial charge on any atom is -0.389 e. The molecule has 1 aromatic carbocycles. The van der Waals surface area contributed by atoms with Crippen LogP contribution in [0.2, 0.25) is 0 Å². The van der Waals surface area contributed by atoms with Crippen molar-refractivity contribution in [2.75, 3.05) is 18.9 Å². The summed E-state index contributed by atoms with van der Waals surface area (Å²) in [5, 5.41) is 11.8. The molecule has 0 heterocycles. The number of nitrogens with one attached hydrogen (secondary N) is 1. The van der Waals surface area contributed by atoms with Crippen molar-refractivity contribution in [1.82, 2.24) is 4.90 Å². The van der Waals surface area contributed by atoms with Crippen LogP contribution < -0.4 is 5.32 Å². The molecule has 1 aromatic rings. The van der Waals surface area contributed by atoms with E-state index in [1.165, 1.54) is 7.05 Å². The van der Waals surface area contributed by atoms with Crippen molar-refractivity contribution in [2.45, 2.75) is 19.5 Å². The fourth-order valence-corrected chi connectivity index (χ4v) is 1.35. The van der Waals surface area contributed by atoms with Gasteiger partial charge in [0.2, 0.25) is 0 Å². The predicted octanol–water partition coefficient (Wildman–Crippen LogP) is 2.47. The summed E-state index contributed by atoms with van der Waals surface area (Å²) in [6, 6.07) is 5.94. The molecule has 100 valence electrons. The summed E-state index contributed by atoms with van der Waals surface area (Å²) in [6.07, 6.45) is -3.14. The molecule has 0 spiro atoms. The van der Waals surface area contributed by atoms with Crippen molar-refractivity contribution in [3.8, 4) is 0 Å². The van der Waals surface area contributed by atoms with Gasteiger partial charge in [-0.15, -0.1) is 0 Å². The predicted molar refractivity (Wildman–Crippen MR) is 64.7 cm³/mol. The Morgan fingerprint density at radius 3 is 2.39 bits per heavy atom. The van der Waals surface area contributed by atoms with Crippen LogP contribution in [0.25, 0.3) is 0 Å². The first-order chi connectivity index (χ1) is 8.40. The first-order valence-corrected chi connectivity index (χ1v) is 5.48. The van der Waals surface area contributed by atoms with Crippen LogP contribution in [0, 0.1) is 0 Å². The molecule has 6 heteroatoms. The lowest BCUT2D eigenvalue weighted by atomic mass is 10.1. The van der Waals surface area contributed by atoms with E-state index in [4.69, 9.17) is 0 Å². The highest BCUT2D eigenvalue weighted by atomic mass is 19.3. The number of amides is 2. The second-order valence-electron chi connectivity index (χ2n) is 4.00. The van der Waals surface area contributed by atoms with Crippen molar-refractivity contribution in [3.63, 3.8) is 0 Å². The zero-order valence-electron chi connectivity index (χ0n) is 10.2. The van der Waals surface area contributed by atoms with Gasteiger partial charge in [0.1, 0.15) is 0 Å². The lowest BCUT2D eigenvalue weighted by Gasteiger charge is -2.17. The van der Waals surface area contributed by atoms with Crippen LogP contribution in [0.1, 0.15) is 18.6 Å². The molecule has 0 fully saturated rings. The molecule has 0 aromatic heterocycles. The second-order valence-corrected chi connectivity index (χ2v) is 4.00. The highest BCUT2D eigenvalue weighted by Gasteiger charge is 2.13. The largest absolute Gasteiger partial charge is 0.389 e.